The maximum atomic E-state index is 8.98. The molecule has 1 aliphatic carbocycles. The predicted molar refractivity (Wildman–Crippen MR) is 110 cm³/mol. The summed E-state index contributed by atoms with van der Waals surface area (Å²) < 4.78 is 26.2. The summed E-state index contributed by atoms with van der Waals surface area (Å²) in [5.74, 6) is -0.687. The van der Waals surface area contributed by atoms with E-state index in [1.54, 1.807) is 18.3 Å². The molecular formula is C25H27N. The molecule has 1 heteroatoms. The SMILES string of the molecule is [2H]c1cc(C2([2H])CCC(C)(C)CC2)cc([2H])c1-c1ccnc(-c2ccccc2)c1. The number of aromatic nitrogens is 1. The molecule has 0 radical (unpaired) electrons. The van der Waals surface area contributed by atoms with Crippen LogP contribution in [0, 0.1) is 5.41 Å². The third kappa shape index (κ3) is 3.72. The predicted octanol–water partition coefficient (Wildman–Crippen LogP) is 7.10. The number of benzene rings is 2. The van der Waals surface area contributed by atoms with Gasteiger partial charge in [-0.05, 0) is 65.8 Å². The third-order valence-electron chi connectivity index (χ3n) is 5.48. The maximum Gasteiger partial charge on any atom is 0.0708 e. The minimum Gasteiger partial charge on any atom is -0.256 e. The van der Waals surface area contributed by atoms with Gasteiger partial charge in [0, 0.05) is 13.1 Å². The van der Waals surface area contributed by atoms with Crippen molar-refractivity contribution in [3.05, 3.63) is 78.4 Å². The van der Waals surface area contributed by atoms with E-state index in [4.69, 9.17) is 4.11 Å². The van der Waals surface area contributed by atoms with Crippen LogP contribution in [0.4, 0.5) is 0 Å². The quantitative estimate of drug-likeness (QED) is 0.494. The zero-order chi connectivity index (χ0) is 20.6. The molecule has 0 bridgehead atoms. The Labute approximate surface area is 161 Å². The van der Waals surface area contributed by atoms with Crippen molar-refractivity contribution in [1.29, 1.82) is 0 Å². The van der Waals surface area contributed by atoms with Crippen LogP contribution < -0.4 is 0 Å². The van der Waals surface area contributed by atoms with Crippen LogP contribution in [0.3, 0.4) is 0 Å². The second-order valence-corrected chi connectivity index (χ2v) is 7.97. The highest BCUT2D eigenvalue weighted by Crippen LogP contribution is 2.42. The maximum absolute atomic E-state index is 8.98. The second-order valence-electron chi connectivity index (χ2n) is 7.97. The summed E-state index contributed by atoms with van der Waals surface area (Å²) in [7, 11) is 0. The second kappa shape index (κ2) is 7.07. The van der Waals surface area contributed by atoms with Gasteiger partial charge in [-0.1, -0.05) is 68.4 Å². The van der Waals surface area contributed by atoms with Crippen molar-refractivity contribution in [1.82, 2.24) is 4.98 Å². The van der Waals surface area contributed by atoms with Crippen LogP contribution in [0.15, 0.2) is 72.9 Å². The Morgan fingerprint density at radius 1 is 0.923 bits per heavy atom. The fourth-order valence-corrected chi connectivity index (χ4v) is 3.62. The summed E-state index contributed by atoms with van der Waals surface area (Å²) in [5.41, 5.74) is 4.36. The Kier molecular flexibility index (Phi) is 3.74. The molecule has 0 amide bonds. The molecule has 0 aliphatic heterocycles. The van der Waals surface area contributed by atoms with Crippen molar-refractivity contribution in [2.24, 2.45) is 5.41 Å². The van der Waals surface area contributed by atoms with Crippen LogP contribution in [0.25, 0.3) is 22.4 Å². The average molecular weight is 345 g/mol. The van der Waals surface area contributed by atoms with Crippen molar-refractivity contribution in [2.45, 2.75) is 45.4 Å². The molecule has 2 aromatic carbocycles. The Bertz CT molecular complexity index is 994. The fraction of sp³-hybridized carbons (Fsp3) is 0.320. The molecule has 1 heterocycles. The third-order valence-corrected chi connectivity index (χ3v) is 5.48. The number of hydrogen-bond acceptors (Lipinski definition) is 1. The molecule has 26 heavy (non-hydrogen) atoms. The van der Waals surface area contributed by atoms with Gasteiger partial charge in [-0.15, -0.1) is 0 Å². The molecule has 0 unspecified atom stereocenters. The normalized spacial score (nSPS) is 20.0. The molecule has 0 saturated heterocycles. The lowest BCUT2D eigenvalue weighted by Gasteiger charge is -2.34. The minimum absolute atomic E-state index is 0.281. The van der Waals surface area contributed by atoms with Crippen molar-refractivity contribution < 1.29 is 4.11 Å². The molecule has 4 rings (SSSR count). The van der Waals surface area contributed by atoms with Crippen molar-refractivity contribution >= 4 is 0 Å². The standard InChI is InChI=1S/C25H27N/c1-25(2)15-12-21(13-16-25)19-8-10-20(11-9-19)23-14-17-26-24(18-23)22-6-4-3-5-7-22/h3-11,14,17-18,21H,12-13,15-16H2,1-2H3/i10D,11D,21D. The zero-order valence-corrected chi connectivity index (χ0v) is 15.5. The van der Waals surface area contributed by atoms with Gasteiger partial charge in [0.05, 0.1) is 8.44 Å². The molecule has 1 aliphatic rings. The Morgan fingerprint density at radius 3 is 2.31 bits per heavy atom. The molecule has 1 aromatic heterocycles. The number of pyridine rings is 1. The molecule has 132 valence electrons. The summed E-state index contributed by atoms with van der Waals surface area (Å²) in [6, 6.07) is 18.0. The van der Waals surface area contributed by atoms with Crippen molar-refractivity contribution in [3.8, 4) is 22.4 Å². The van der Waals surface area contributed by atoms with Crippen LogP contribution in [0.5, 0.6) is 0 Å². The summed E-state index contributed by atoms with van der Waals surface area (Å²) >= 11 is 0. The minimum atomic E-state index is -0.687. The monoisotopic (exact) mass is 344 g/mol. The summed E-state index contributed by atoms with van der Waals surface area (Å²) in [6.45, 7) is 4.52. The first-order valence-corrected chi connectivity index (χ1v) is 9.41. The molecule has 1 saturated carbocycles. The Balaban J connectivity index is 1.70. The topological polar surface area (TPSA) is 12.9 Å². The zero-order valence-electron chi connectivity index (χ0n) is 18.5. The van der Waals surface area contributed by atoms with Gasteiger partial charge < -0.3 is 0 Å². The van der Waals surface area contributed by atoms with E-state index >= 15 is 0 Å². The molecule has 0 spiro atoms. The van der Waals surface area contributed by atoms with Crippen LogP contribution in [0.1, 0.15) is 55.1 Å². The Morgan fingerprint density at radius 2 is 1.62 bits per heavy atom. The van der Waals surface area contributed by atoms with Gasteiger partial charge in [0.15, 0.2) is 0 Å². The van der Waals surface area contributed by atoms with Gasteiger partial charge in [-0.25, -0.2) is 0 Å². The molecule has 1 fully saturated rings. The highest BCUT2D eigenvalue weighted by Gasteiger charge is 2.27. The van der Waals surface area contributed by atoms with E-state index in [0.29, 0.717) is 17.6 Å². The smallest absolute Gasteiger partial charge is 0.0708 e. The van der Waals surface area contributed by atoms with Crippen LogP contribution in [-0.2, 0) is 0 Å². The number of rotatable bonds is 3. The van der Waals surface area contributed by atoms with E-state index in [1.165, 1.54) is 0 Å². The van der Waals surface area contributed by atoms with Gasteiger partial charge in [-0.2, -0.15) is 0 Å². The van der Waals surface area contributed by atoms with E-state index in [9.17, 15) is 0 Å². The molecule has 0 atom stereocenters. The summed E-state index contributed by atoms with van der Waals surface area (Å²) in [5, 5.41) is 0. The average Bonchev–Trinajstić information content (AvgIpc) is 2.71. The first-order valence-electron chi connectivity index (χ1n) is 10.9. The van der Waals surface area contributed by atoms with Gasteiger partial charge in [0.25, 0.3) is 0 Å². The highest BCUT2D eigenvalue weighted by molar-refractivity contribution is 5.70. The first kappa shape index (κ1) is 13.7. The van der Waals surface area contributed by atoms with Gasteiger partial charge in [0.1, 0.15) is 0 Å². The van der Waals surface area contributed by atoms with Crippen molar-refractivity contribution in [2.75, 3.05) is 0 Å². The van der Waals surface area contributed by atoms with E-state index in [2.05, 4.69) is 18.8 Å². The van der Waals surface area contributed by atoms with Crippen LogP contribution in [-0.4, -0.2) is 4.98 Å². The fourth-order valence-electron chi connectivity index (χ4n) is 3.62. The lowest BCUT2D eigenvalue weighted by molar-refractivity contribution is 0.224. The summed E-state index contributed by atoms with van der Waals surface area (Å²) in [4.78, 5) is 4.46. The highest BCUT2D eigenvalue weighted by atomic mass is 14.7. The van der Waals surface area contributed by atoms with Gasteiger partial charge in [-0.3, -0.25) is 4.98 Å². The van der Waals surface area contributed by atoms with Gasteiger partial charge in [0.2, 0.25) is 0 Å². The van der Waals surface area contributed by atoms with E-state index in [-0.39, 0.29) is 5.41 Å². The summed E-state index contributed by atoms with van der Waals surface area (Å²) in [6.07, 6.45) is 5.31. The molecule has 0 N–H and O–H groups in total. The number of nitrogens with zero attached hydrogens (tertiary/aromatic N) is 1. The van der Waals surface area contributed by atoms with Gasteiger partial charge >= 0.3 is 0 Å². The molecule has 3 aromatic rings. The number of hydrogen-bond donors (Lipinski definition) is 0. The lowest BCUT2D eigenvalue weighted by atomic mass is 9.71. The molecular weight excluding hydrogens is 314 g/mol. The van der Waals surface area contributed by atoms with Crippen LogP contribution >= 0.6 is 0 Å². The van der Waals surface area contributed by atoms with Crippen LogP contribution in [0.2, 0.25) is 0 Å². The lowest BCUT2D eigenvalue weighted by Crippen LogP contribution is -2.20. The van der Waals surface area contributed by atoms with E-state index < -0.39 is 5.89 Å². The first-order chi connectivity index (χ1) is 13.8. The van der Waals surface area contributed by atoms with E-state index in [0.717, 1.165) is 48.1 Å². The van der Waals surface area contributed by atoms with Crippen molar-refractivity contribution in [3.63, 3.8) is 0 Å². The molecule has 1 nitrogen and oxygen atoms in total. The Hall–Kier alpha value is -2.41. The largest absolute Gasteiger partial charge is 0.256 e. The van der Waals surface area contributed by atoms with E-state index in [1.807, 2.05) is 42.5 Å².